The number of amides is 1. The van der Waals surface area contributed by atoms with Crippen molar-refractivity contribution in [3.05, 3.63) is 75.7 Å². The second-order valence-corrected chi connectivity index (χ2v) is 8.55. The normalized spacial score (nSPS) is 15.0. The number of hydrogen-bond donors (Lipinski definition) is 0. The van der Waals surface area contributed by atoms with Gasteiger partial charge in [0.1, 0.15) is 5.01 Å². The van der Waals surface area contributed by atoms with Gasteiger partial charge in [-0.1, -0.05) is 42.5 Å². The summed E-state index contributed by atoms with van der Waals surface area (Å²) in [6.45, 7) is 8.39. The van der Waals surface area contributed by atoms with Crippen molar-refractivity contribution in [2.24, 2.45) is 0 Å². The van der Waals surface area contributed by atoms with Gasteiger partial charge in [-0.15, -0.1) is 11.3 Å². The van der Waals surface area contributed by atoms with E-state index in [1.165, 1.54) is 15.4 Å². The van der Waals surface area contributed by atoms with E-state index < -0.39 is 0 Å². The van der Waals surface area contributed by atoms with Crippen molar-refractivity contribution in [2.75, 3.05) is 26.2 Å². The molecule has 4 rings (SSSR count). The van der Waals surface area contributed by atoms with Gasteiger partial charge in [0, 0.05) is 36.6 Å². The topological polar surface area (TPSA) is 36.4 Å². The number of aromatic nitrogens is 1. The minimum atomic E-state index is 0.125. The fraction of sp³-hybridized carbons (Fsp3) is 0.304. The van der Waals surface area contributed by atoms with Crippen molar-refractivity contribution in [3.63, 3.8) is 0 Å². The highest BCUT2D eigenvalue weighted by Crippen LogP contribution is 2.21. The molecular weight excluding hydrogens is 366 g/mol. The summed E-state index contributed by atoms with van der Waals surface area (Å²) in [5, 5.41) is 1.17. The van der Waals surface area contributed by atoms with Crippen LogP contribution < -0.4 is 0 Å². The summed E-state index contributed by atoms with van der Waals surface area (Å²) in [6, 6.07) is 18.2. The van der Waals surface area contributed by atoms with Crippen LogP contribution in [0.25, 0.3) is 11.1 Å². The molecule has 2 aromatic carbocycles. The zero-order chi connectivity index (χ0) is 19.5. The van der Waals surface area contributed by atoms with Crippen LogP contribution in [0.4, 0.5) is 0 Å². The first-order valence-corrected chi connectivity index (χ1v) is 10.5. The number of thiazole rings is 1. The van der Waals surface area contributed by atoms with Gasteiger partial charge in [-0.3, -0.25) is 9.69 Å². The average molecular weight is 392 g/mol. The van der Waals surface area contributed by atoms with E-state index in [-0.39, 0.29) is 5.91 Å². The lowest BCUT2D eigenvalue weighted by atomic mass is 10.0. The monoisotopic (exact) mass is 391 g/mol. The highest BCUT2D eigenvalue weighted by atomic mass is 32.1. The molecule has 1 aromatic heterocycles. The Labute approximate surface area is 170 Å². The van der Waals surface area contributed by atoms with Gasteiger partial charge in [0.2, 0.25) is 0 Å². The number of rotatable bonds is 4. The lowest BCUT2D eigenvalue weighted by Gasteiger charge is -2.34. The van der Waals surface area contributed by atoms with Crippen molar-refractivity contribution < 1.29 is 4.79 Å². The van der Waals surface area contributed by atoms with Gasteiger partial charge in [-0.25, -0.2) is 4.98 Å². The van der Waals surface area contributed by atoms with Crippen LogP contribution in [0.5, 0.6) is 0 Å². The Kier molecular flexibility index (Phi) is 5.55. The van der Waals surface area contributed by atoms with Gasteiger partial charge in [-0.2, -0.15) is 0 Å². The zero-order valence-corrected chi connectivity index (χ0v) is 17.2. The molecule has 1 amide bonds. The van der Waals surface area contributed by atoms with Crippen LogP contribution in [0.15, 0.2) is 54.6 Å². The Morgan fingerprint density at radius 1 is 0.929 bits per heavy atom. The maximum absolute atomic E-state index is 12.9. The summed E-state index contributed by atoms with van der Waals surface area (Å²) in [5.41, 5.74) is 4.20. The number of hydrogen-bond acceptors (Lipinski definition) is 4. The molecule has 144 valence electrons. The maximum atomic E-state index is 12.9. The molecule has 0 unspecified atom stereocenters. The molecule has 0 radical (unpaired) electrons. The van der Waals surface area contributed by atoms with Crippen LogP contribution in [-0.2, 0) is 6.54 Å². The average Bonchev–Trinajstić information content (AvgIpc) is 3.05. The summed E-state index contributed by atoms with van der Waals surface area (Å²) in [6.07, 6.45) is 0. The lowest BCUT2D eigenvalue weighted by molar-refractivity contribution is 0.0628. The third-order valence-electron chi connectivity index (χ3n) is 5.33. The molecule has 28 heavy (non-hydrogen) atoms. The Bertz CT molecular complexity index is 922. The Balaban J connectivity index is 1.34. The molecule has 0 N–H and O–H groups in total. The Hall–Kier alpha value is -2.50. The second-order valence-electron chi connectivity index (χ2n) is 7.26. The van der Waals surface area contributed by atoms with Crippen LogP contribution in [0, 0.1) is 13.8 Å². The standard InChI is InChI=1S/C23H25N3OS/c1-17-18(2)28-22(24-17)16-25-12-14-26(15-13-25)23(27)21-10-8-20(9-11-21)19-6-4-3-5-7-19/h3-11H,12-16H2,1-2H3. The van der Waals surface area contributed by atoms with Crippen LogP contribution in [-0.4, -0.2) is 46.9 Å². The molecule has 0 bridgehead atoms. The van der Waals surface area contributed by atoms with Crippen molar-refractivity contribution in [2.45, 2.75) is 20.4 Å². The van der Waals surface area contributed by atoms with E-state index in [2.05, 4.69) is 35.9 Å². The summed E-state index contributed by atoms with van der Waals surface area (Å²) in [5.74, 6) is 0.125. The number of piperazine rings is 1. The van der Waals surface area contributed by atoms with Gasteiger partial charge >= 0.3 is 0 Å². The molecule has 0 atom stereocenters. The second kappa shape index (κ2) is 8.25. The van der Waals surface area contributed by atoms with Gasteiger partial charge in [0.25, 0.3) is 5.91 Å². The molecule has 1 saturated heterocycles. The van der Waals surface area contributed by atoms with E-state index in [4.69, 9.17) is 0 Å². The van der Waals surface area contributed by atoms with Crippen molar-refractivity contribution in [1.82, 2.24) is 14.8 Å². The third kappa shape index (κ3) is 4.16. The largest absolute Gasteiger partial charge is 0.336 e. The number of benzene rings is 2. The van der Waals surface area contributed by atoms with E-state index >= 15 is 0 Å². The summed E-state index contributed by atoms with van der Waals surface area (Å²) < 4.78 is 0. The van der Waals surface area contributed by atoms with Gasteiger partial charge < -0.3 is 4.90 Å². The molecule has 1 aliphatic rings. The molecule has 3 aromatic rings. The minimum Gasteiger partial charge on any atom is -0.336 e. The molecule has 1 fully saturated rings. The van der Waals surface area contributed by atoms with E-state index in [1.807, 2.05) is 47.4 Å². The smallest absolute Gasteiger partial charge is 0.253 e. The minimum absolute atomic E-state index is 0.125. The van der Waals surface area contributed by atoms with Crippen LogP contribution in [0.1, 0.15) is 25.9 Å². The highest BCUT2D eigenvalue weighted by molar-refractivity contribution is 7.11. The molecule has 0 saturated carbocycles. The summed E-state index contributed by atoms with van der Waals surface area (Å²) >= 11 is 1.78. The Morgan fingerprint density at radius 2 is 1.57 bits per heavy atom. The van der Waals surface area contributed by atoms with Gasteiger partial charge in [0.15, 0.2) is 0 Å². The molecule has 1 aliphatic heterocycles. The molecule has 2 heterocycles. The number of carbonyl (C=O) groups is 1. The first kappa shape index (κ1) is 18.8. The number of aryl methyl sites for hydroxylation is 2. The van der Waals surface area contributed by atoms with Crippen LogP contribution >= 0.6 is 11.3 Å². The Morgan fingerprint density at radius 3 is 2.18 bits per heavy atom. The number of carbonyl (C=O) groups excluding carboxylic acids is 1. The molecule has 4 nitrogen and oxygen atoms in total. The van der Waals surface area contributed by atoms with Crippen LogP contribution in [0.2, 0.25) is 0 Å². The molecule has 5 heteroatoms. The van der Waals surface area contributed by atoms with Crippen molar-refractivity contribution >= 4 is 17.2 Å². The van der Waals surface area contributed by atoms with E-state index in [9.17, 15) is 4.79 Å². The predicted octanol–water partition coefficient (Wildman–Crippen LogP) is 4.38. The van der Waals surface area contributed by atoms with E-state index in [1.54, 1.807) is 11.3 Å². The molecule has 0 spiro atoms. The quantitative estimate of drug-likeness (QED) is 0.662. The van der Waals surface area contributed by atoms with Crippen molar-refractivity contribution in [1.29, 1.82) is 0 Å². The van der Waals surface area contributed by atoms with E-state index in [0.29, 0.717) is 0 Å². The fourth-order valence-corrected chi connectivity index (χ4v) is 4.50. The van der Waals surface area contributed by atoms with Crippen molar-refractivity contribution in [3.8, 4) is 11.1 Å². The predicted molar refractivity (Wildman–Crippen MR) is 115 cm³/mol. The highest BCUT2D eigenvalue weighted by Gasteiger charge is 2.23. The van der Waals surface area contributed by atoms with Gasteiger partial charge in [-0.05, 0) is 37.1 Å². The van der Waals surface area contributed by atoms with Gasteiger partial charge in [0.05, 0.1) is 12.2 Å². The molecule has 0 aliphatic carbocycles. The van der Waals surface area contributed by atoms with Crippen LogP contribution in [0.3, 0.4) is 0 Å². The summed E-state index contributed by atoms with van der Waals surface area (Å²) in [7, 11) is 0. The maximum Gasteiger partial charge on any atom is 0.253 e. The zero-order valence-electron chi connectivity index (χ0n) is 16.4. The fourth-order valence-electron chi connectivity index (χ4n) is 3.53. The lowest BCUT2D eigenvalue weighted by Crippen LogP contribution is -2.48. The first-order valence-electron chi connectivity index (χ1n) is 9.70. The first-order chi connectivity index (χ1) is 13.6. The number of nitrogens with zero attached hydrogens (tertiary/aromatic N) is 3. The molecular formula is C23H25N3OS. The van der Waals surface area contributed by atoms with E-state index in [0.717, 1.165) is 49.5 Å². The third-order valence-corrected chi connectivity index (χ3v) is 6.39. The SMILES string of the molecule is Cc1nc(CN2CCN(C(=O)c3ccc(-c4ccccc4)cc3)CC2)sc1C. The summed E-state index contributed by atoms with van der Waals surface area (Å²) in [4.78, 5) is 23.1.